The number of carboxylic acid groups (broad SMARTS) is 1. The van der Waals surface area contributed by atoms with Crippen LogP contribution in [-0.2, 0) is 0 Å². The Hall–Kier alpha value is -2.60. The number of H-pyrrole nitrogens is 1. The summed E-state index contributed by atoms with van der Waals surface area (Å²) in [5.74, 6) is -0.240. The first-order valence-electron chi connectivity index (χ1n) is 7.59. The number of aromatic nitrogens is 2. The summed E-state index contributed by atoms with van der Waals surface area (Å²) < 4.78 is 0. The van der Waals surface area contributed by atoms with Crippen LogP contribution in [0.1, 0.15) is 16.8 Å². The van der Waals surface area contributed by atoms with E-state index in [-0.39, 0.29) is 5.56 Å². The van der Waals surface area contributed by atoms with Crippen molar-refractivity contribution >= 4 is 33.6 Å². The van der Waals surface area contributed by atoms with E-state index in [1.165, 1.54) is 6.20 Å². The maximum Gasteiger partial charge on any atom is 0.337 e. The molecule has 0 saturated heterocycles. The van der Waals surface area contributed by atoms with Gasteiger partial charge < -0.3 is 20.3 Å². The number of carbonyl (C=O) groups is 1. The molecule has 0 aliphatic rings. The Kier molecular flexibility index (Phi) is 4.16. The number of fused-ring (bicyclic) bond motifs is 3. The molecule has 2 heterocycles. The van der Waals surface area contributed by atoms with Gasteiger partial charge in [-0.1, -0.05) is 18.2 Å². The lowest BCUT2D eigenvalue weighted by Crippen LogP contribution is -2.16. The van der Waals surface area contributed by atoms with Gasteiger partial charge in [-0.05, 0) is 33.1 Å². The Morgan fingerprint density at radius 3 is 2.87 bits per heavy atom. The van der Waals surface area contributed by atoms with Gasteiger partial charge in [0.05, 0.1) is 16.6 Å². The Bertz CT molecular complexity index is 854. The van der Waals surface area contributed by atoms with Crippen molar-refractivity contribution in [2.45, 2.75) is 6.42 Å². The van der Waals surface area contributed by atoms with E-state index in [1.807, 2.05) is 38.4 Å². The summed E-state index contributed by atoms with van der Waals surface area (Å²) in [4.78, 5) is 21.3. The van der Waals surface area contributed by atoms with Crippen molar-refractivity contribution in [2.24, 2.45) is 0 Å². The number of anilines is 1. The van der Waals surface area contributed by atoms with Crippen molar-refractivity contribution in [3.8, 4) is 0 Å². The molecule has 0 atom stereocenters. The SMILES string of the molecule is CN(C)CCCNc1nc2ccccc2c2c(C(=O)O)c[nH]c12. The molecule has 0 aliphatic carbocycles. The fraction of sp³-hybridized carbons (Fsp3) is 0.294. The number of benzene rings is 1. The van der Waals surface area contributed by atoms with E-state index in [1.54, 1.807) is 0 Å². The molecule has 0 aliphatic heterocycles. The minimum Gasteiger partial charge on any atom is -0.478 e. The van der Waals surface area contributed by atoms with E-state index in [0.29, 0.717) is 11.2 Å². The molecular formula is C17H20N4O2. The standard InChI is InChI=1S/C17H20N4O2/c1-21(2)9-5-8-18-16-15-14(12(10-19-15)17(22)23)11-6-3-4-7-13(11)20-16/h3-4,6-7,10,19H,5,8-9H2,1-2H3,(H,18,20)(H,22,23). The predicted octanol–water partition coefficient (Wildman–Crippen LogP) is 2.78. The van der Waals surface area contributed by atoms with Crippen LogP contribution in [0.5, 0.6) is 0 Å². The minimum atomic E-state index is -0.939. The summed E-state index contributed by atoms with van der Waals surface area (Å²) in [6.07, 6.45) is 2.52. The quantitative estimate of drug-likeness (QED) is 0.610. The molecule has 3 N–H and O–H groups in total. The van der Waals surface area contributed by atoms with E-state index in [9.17, 15) is 9.90 Å². The number of aromatic amines is 1. The van der Waals surface area contributed by atoms with Crippen LogP contribution >= 0.6 is 0 Å². The van der Waals surface area contributed by atoms with Crippen LogP contribution in [0.4, 0.5) is 5.82 Å². The number of hydrogen-bond donors (Lipinski definition) is 3. The van der Waals surface area contributed by atoms with Crippen LogP contribution in [0.15, 0.2) is 30.5 Å². The second-order valence-corrected chi connectivity index (χ2v) is 5.82. The number of aromatic carboxylic acids is 1. The van der Waals surface area contributed by atoms with Gasteiger partial charge in [-0.3, -0.25) is 0 Å². The van der Waals surface area contributed by atoms with Gasteiger partial charge in [0, 0.05) is 23.5 Å². The second kappa shape index (κ2) is 6.26. The summed E-state index contributed by atoms with van der Waals surface area (Å²) >= 11 is 0. The fourth-order valence-corrected chi connectivity index (χ4v) is 2.75. The molecule has 0 fully saturated rings. The third-order valence-corrected chi connectivity index (χ3v) is 3.83. The highest BCUT2D eigenvalue weighted by atomic mass is 16.4. The Balaban J connectivity index is 2.05. The number of para-hydroxylation sites is 1. The van der Waals surface area contributed by atoms with Gasteiger partial charge in [0.15, 0.2) is 5.82 Å². The van der Waals surface area contributed by atoms with Crippen LogP contribution in [0.25, 0.3) is 21.8 Å². The molecule has 3 aromatic rings. The predicted molar refractivity (Wildman–Crippen MR) is 92.2 cm³/mol. The number of nitrogens with zero attached hydrogens (tertiary/aromatic N) is 2. The molecule has 23 heavy (non-hydrogen) atoms. The smallest absolute Gasteiger partial charge is 0.337 e. The molecule has 3 rings (SSSR count). The van der Waals surface area contributed by atoms with Crippen molar-refractivity contribution in [2.75, 3.05) is 32.5 Å². The van der Waals surface area contributed by atoms with E-state index in [0.717, 1.165) is 35.9 Å². The van der Waals surface area contributed by atoms with E-state index >= 15 is 0 Å². The summed E-state index contributed by atoms with van der Waals surface area (Å²) in [5, 5.41) is 14.3. The average Bonchev–Trinajstić information content (AvgIpc) is 2.97. The van der Waals surface area contributed by atoms with Crippen LogP contribution in [-0.4, -0.2) is 53.1 Å². The summed E-state index contributed by atoms with van der Waals surface area (Å²) in [7, 11) is 4.08. The van der Waals surface area contributed by atoms with E-state index in [4.69, 9.17) is 0 Å². The first-order chi connectivity index (χ1) is 11.1. The average molecular weight is 312 g/mol. The molecule has 0 unspecified atom stereocenters. The van der Waals surface area contributed by atoms with Crippen LogP contribution in [0.2, 0.25) is 0 Å². The maximum absolute atomic E-state index is 11.5. The molecule has 120 valence electrons. The zero-order valence-electron chi connectivity index (χ0n) is 13.3. The fourth-order valence-electron chi connectivity index (χ4n) is 2.75. The molecule has 6 nitrogen and oxygen atoms in total. The monoisotopic (exact) mass is 312 g/mol. The lowest BCUT2D eigenvalue weighted by Gasteiger charge is -2.12. The number of pyridine rings is 1. The Labute approximate surface area is 134 Å². The highest BCUT2D eigenvalue weighted by Gasteiger charge is 2.17. The molecule has 2 aromatic heterocycles. The first-order valence-corrected chi connectivity index (χ1v) is 7.59. The number of carboxylic acids is 1. The third kappa shape index (κ3) is 2.98. The molecule has 0 amide bonds. The minimum absolute atomic E-state index is 0.273. The van der Waals surface area contributed by atoms with E-state index < -0.39 is 5.97 Å². The van der Waals surface area contributed by atoms with Crippen LogP contribution < -0.4 is 5.32 Å². The summed E-state index contributed by atoms with van der Waals surface area (Å²) in [6, 6.07) is 7.61. The molecule has 6 heteroatoms. The van der Waals surface area contributed by atoms with Crippen molar-refractivity contribution in [3.63, 3.8) is 0 Å². The zero-order valence-corrected chi connectivity index (χ0v) is 13.3. The normalized spacial score (nSPS) is 11.4. The van der Waals surface area contributed by atoms with Crippen LogP contribution in [0.3, 0.4) is 0 Å². The van der Waals surface area contributed by atoms with Gasteiger partial charge in [0.2, 0.25) is 0 Å². The zero-order chi connectivity index (χ0) is 16.4. The lowest BCUT2D eigenvalue weighted by atomic mass is 10.1. The Morgan fingerprint density at radius 1 is 1.35 bits per heavy atom. The van der Waals surface area contributed by atoms with Crippen molar-refractivity contribution < 1.29 is 9.90 Å². The van der Waals surface area contributed by atoms with Gasteiger partial charge in [-0.15, -0.1) is 0 Å². The molecule has 0 spiro atoms. The largest absolute Gasteiger partial charge is 0.478 e. The van der Waals surface area contributed by atoms with Gasteiger partial charge in [0.25, 0.3) is 0 Å². The molecular weight excluding hydrogens is 292 g/mol. The highest BCUT2D eigenvalue weighted by molar-refractivity contribution is 6.17. The molecule has 0 radical (unpaired) electrons. The first kappa shape index (κ1) is 15.3. The van der Waals surface area contributed by atoms with Gasteiger partial charge >= 0.3 is 5.97 Å². The molecule has 1 aromatic carbocycles. The third-order valence-electron chi connectivity index (χ3n) is 3.83. The second-order valence-electron chi connectivity index (χ2n) is 5.82. The Morgan fingerprint density at radius 2 is 2.13 bits per heavy atom. The van der Waals surface area contributed by atoms with Gasteiger partial charge in [-0.2, -0.15) is 0 Å². The highest BCUT2D eigenvalue weighted by Crippen LogP contribution is 2.31. The van der Waals surface area contributed by atoms with Crippen molar-refractivity contribution in [1.29, 1.82) is 0 Å². The topological polar surface area (TPSA) is 81.2 Å². The summed E-state index contributed by atoms with van der Waals surface area (Å²) in [6.45, 7) is 1.76. The number of nitrogens with one attached hydrogen (secondary N) is 2. The van der Waals surface area contributed by atoms with Gasteiger partial charge in [-0.25, -0.2) is 9.78 Å². The van der Waals surface area contributed by atoms with Crippen molar-refractivity contribution in [3.05, 3.63) is 36.0 Å². The van der Waals surface area contributed by atoms with E-state index in [2.05, 4.69) is 20.2 Å². The van der Waals surface area contributed by atoms with Crippen molar-refractivity contribution in [1.82, 2.24) is 14.9 Å². The number of rotatable bonds is 6. The lowest BCUT2D eigenvalue weighted by molar-refractivity contribution is 0.0699. The maximum atomic E-state index is 11.5. The molecule has 0 saturated carbocycles. The van der Waals surface area contributed by atoms with Crippen LogP contribution in [0, 0.1) is 0 Å². The summed E-state index contributed by atoms with van der Waals surface area (Å²) in [5.41, 5.74) is 1.80. The van der Waals surface area contributed by atoms with Gasteiger partial charge in [0.1, 0.15) is 0 Å². The molecule has 0 bridgehead atoms. The number of hydrogen-bond acceptors (Lipinski definition) is 4.